The van der Waals surface area contributed by atoms with Gasteiger partial charge in [0.1, 0.15) is 0 Å². The molecule has 0 atom stereocenters. The van der Waals surface area contributed by atoms with Crippen LogP contribution in [-0.4, -0.2) is 22.6 Å². The summed E-state index contributed by atoms with van der Waals surface area (Å²) in [4.78, 5) is 0. The van der Waals surface area contributed by atoms with Crippen LogP contribution >= 0.6 is 15.8 Å². The molecule has 0 aliphatic rings. The number of benzene rings is 2. The van der Waals surface area contributed by atoms with E-state index in [9.17, 15) is 0 Å². The zero-order chi connectivity index (χ0) is 24.9. The molecule has 0 bridgehead atoms. The summed E-state index contributed by atoms with van der Waals surface area (Å²) in [5.41, 5.74) is 0. The van der Waals surface area contributed by atoms with Gasteiger partial charge in [0.15, 0.2) is 0 Å². The number of rotatable bonds is 6. The molecule has 0 heterocycles. The van der Waals surface area contributed by atoms with Gasteiger partial charge in [-0.15, -0.1) is 80.7 Å². The normalized spacial score (nSPS) is 11.5. The van der Waals surface area contributed by atoms with Crippen LogP contribution in [0.2, 0.25) is 0 Å². The molecule has 0 nitrogen and oxygen atoms in total. The molecule has 0 aromatic heterocycles. The first-order valence-corrected chi connectivity index (χ1v) is 16.0. The van der Waals surface area contributed by atoms with Crippen LogP contribution in [-0.2, 0) is 25.8 Å². The summed E-state index contributed by atoms with van der Waals surface area (Å²) in [6, 6.07) is 27.0. The maximum atomic E-state index is 2.41. The zero-order valence-electron chi connectivity index (χ0n) is 23.9. The first kappa shape index (κ1) is 37.0. The fraction of sp³-hybridized carbons (Fsp3) is 0.438. The van der Waals surface area contributed by atoms with Crippen molar-refractivity contribution in [1.29, 1.82) is 0 Å². The van der Waals surface area contributed by atoms with Crippen molar-refractivity contribution in [2.24, 2.45) is 0 Å². The SMILES string of the molecule is CC(C)(C)P(c1cc2ccccc2[cH-]1)C(C)(C)C.CCCP(CCC)c1cc2ccccc2[cH-]1.[Cl-].[Cl-].[Hf+4]. The second-order valence-corrected chi connectivity index (χ2v) is 17.7. The molecule has 0 radical (unpaired) electrons. The largest absolute Gasteiger partial charge is 4.00 e. The van der Waals surface area contributed by atoms with Crippen molar-refractivity contribution >= 4 is 48.0 Å². The number of halogens is 2. The zero-order valence-corrected chi connectivity index (χ0v) is 30.8. The summed E-state index contributed by atoms with van der Waals surface area (Å²) in [6.07, 6.45) is 5.40. The molecule has 4 aromatic carbocycles. The fourth-order valence-electron chi connectivity index (χ4n) is 5.27. The van der Waals surface area contributed by atoms with Crippen LogP contribution in [0, 0.1) is 0 Å². The van der Waals surface area contributed by atoms with Gasteiger partial charge in [0.05, 0.1) is 0 Å². The molecule has 4 rings (SSSR count). The second kappa shape index (κ2) is 16.3. The van der Waals surface area contributed by atoms with Gasteiger partial charge in [0.25, 0.3) is 0 Å². The van der Waals surface area contributed by atoms with Crippen LogP contribution in [0.3, 0.4) is 0 Å². The van der Waals surface area contributed by atoms with E-state index in [1.807, 2.05) is 0 Å². The van der Waals surface area contributed by atoms with E-state index in [4.69, 9.17) is 0 Å². The van der Waals surface area contributed by atoms with Crippen molar-refractivity contribution in [3.05, 3.63) is 72.8 Å². The van der Waals surface area contributed by atoms with Gasteiger partial charge in [-0.1, -0.05) is 96.2 Å². The summed E-state index contributed by atoms with van der Waals surface area (Å²) < 4.78 is 0. The molecule has 0 N–H and O–H groups in total. The van der Waals surface area contributed by atoms with Crippen molar-refractivity contribution in [3.63, 3.8) is 0 Å². The van der Waals surface area contributed by atoms with E-state index in [0.29, 0.717) is 10.3 Å². The maximum absolute atomic E-state index is 2.41. The third-order valence-electron chi connectivity index (χ3n) is 6.16. The fourth-order valence-corrected chi connectivity index (χ4v) is 11.8. The Labute approximate surface area is 260 Å². The van der Waals surface area contributed by atoms with Gasteiger partial charge in [0.2, 0.25) is 0 Å². The van der Waals surface area contributed by atoms with Gasteiger partial charge in [-0.3, -0.25) is 0 Å². The predicted molar refractivity (Wildman–Crippen MR) is 162 cm³/mol. The molecule has 0 fully saturated rings. The quantitative estimate of drug-likeness (QED) is 0.161. The smallest absolute Gasteiger partial charge is 1.00 e. The minimum atomic E-state index is -0.185. The Morgan fingerprint density at radius 1 is 0.622 bits per heavy atom. The van der Waals surface area contributed by atoms with Gasteiger partial charge in [-0.2, -0.15) is 12.1 Å². The third-order valence-corrected chi connectivity index (χ3v) is 12.6. The van der Waals surface area contributed by atoms with Crippen molar-refractivity contribution in [1.82, 2.24) is 0 Å². The van der Waals surface area contributed by atoms with Gasteiger partial charge >= 0.3 is 25.8 Å². The Hall–Kier alpha value is -0.0299. The molecule has 200 valence electrons. The van der Waals surface area contributed by atoms with E-state index in [2.05, 4.69) is 128 Å². The van der Waals surface area contributed by atoms with Gasteiger partial charge in [-0.25, -0.2) is 0 Å². The van der Waals surface area contributed by atoms with Crippen LogP contribution in [0.1, 0.15) is 68.2 Å². The van der Waals surface area contributed by atoms with Crippen LogP contribution in [0.4, 0.5) is 0 Å². The van der Waals surface area contributed by atoms with Gasteiger partial charge in [0, 0.05) is 0 Å². The molecule has 0 saturated carbocycles. The van der Waals surface area contributed by atoms with Crippen LogP contribution in [0.15, 0.2) is 72.8 Å². The standard InChI is InChI=1S/C17H24P.C15H20P.2ClH.Hf/c1-16(2,3)18(17(4,5)6)15-11-13-9-7-8-10-14(13)12-15;1-3-9-16(10-4-2)15-11-13-7-5-6-8-14(13)12-15;;;/h7-12H,1-6H3;5-8,11-12H,3-4,9-10H2,1-2H3;2*1H;/q2*-1;;;+4/p-2. The van der Waals surface area contributed by atoms with Crippen molar-refractivity contribution < 1.29 is 50.7 Å². The Morgan fingerprint density at radius 2 is 1.00 bits per heavy atom. The van der Waals surface area contributed by atoms with E-state index < -0.39 is 0 Å². The van der Waals surface area contributed by atoms with Gasteiger partial charge in [-0.05, 0) is 22.6 Å². The number of hydrogen-bond acceptors (Lipinski definition) is 0. The first-order chi connectivity index (χ1) is 16.0. The monoisotopic (exact) mass is 740 g/mol. The molecule has 37 heavy (non-hydrogen) atoms. The Kier molecular flexibility index (Phi) is 16.3. The molecule has 0 unspecified atom stereocenters. The van der Waals surface area contributed by atoms with Crippen LogP contribution < -0.4 is 35.4 Å². The first-order valence-electron chi connectivity index (χ1n) is 12.9. The summed E-state index contributed by atoms with van der Waals surface area (Å²) in [7, 11) is -0.0874. The van der Waals surface area contributed by atoms with E-state index in [1.54, 1.807) is 10.6 Å². The molecular weight excluding hydrogens is 696 g/mol. The average molecular weight is 740 g/mol. The molecule has 0 amide bonds. The van der Waals surface area contributed by atoms with Crippen molar-refractivity contribution in [2.45, 2.75) is 78.5 Å². The molecule has 5 heteroatoms. The van der Waals surface area contributed by atoms with E-state index >= 15 is 0 Å². The third kappa shape index (κ3) is 10.1. The summed E-state index contributed by atoms with van der Waals surface area (Å²) in [5, 5.41) is 9.44. The van der Waals surface area contributed by atoms with Crippen LogP contribution in [0.5, 0.6) is 0 Å². The topological polar surface area (TPSA) is 0 Å². The van der Waals surface area contributed by atoms with Crippen molar-refractivity contribution in [3.8, 4) is 0 Å². The molecule has 0 saturated heterocycles. The minimum absolute atomic E-state index is 0. The van der Waals surface area contributed by atoms with E-state index in [0.717, 1.165) is 0 Å². The minimum Gasteiger partial charge on any atom is -1.00 e. The average Bonchev–Trinajstić information content (AvgIpc) is 3.35. The van der Waals surface area contributed by atoms with Crippen LogP contribution in [0.25, 0.3) is 21.5 Å². The summed E-state index contributed by atoms with van der Waals surface area (Å²) >= 11 is 0. The molecule has 0 aliphatic carbocycles. The predicted octanol–water partition coefficient (Wildman–Crippen LogP) is 3.75. The maximum Gasteiger partial charge on any atom is 4.00 e. The molecular formula is C32H44Cl2HfP2. The molecule has 4 aromatic rings. The summed E-state index contributed by atoms with van der Waals surface area (Å²) in [6.45, 7) is 18.9. The Balaban J connectivity index is 0.000000651. The van der Waals surface area contributed by atoms with E-state index in [1.165, 1.54) is 46.7 Å². The summed E-state index contributed by atoms with van der Waals surface area (Å²) in [5.74, 6) is 0. The molecule has 0 aliphatic heterocycles. The van der Waals surface area contributed by atoms with Crippen molar-refractivity contribution in [2.75, 3.05) is 12.3 Å². The number of fused-ring (bicyclic) bond motifs is 2. The van der Waals surface area contributed by atoms with Gasteiger partial charge < -0.3 is 24.8 Å². The van der Waals surface area contributed by atoms with E-state index in [-0.39, 0.29) is 66.5 Å². The second-order valence-electron chi connectivity index (χ2n) is 11.3. The Morgan fingerprint density at radius 3 is 1.38 bits per heavy atom. The Bertz CT molecular complexity index is 1090. The number of hydrogen-bond donors (Lipinski definition) is 0. The molecule has 0 spiro atoms.